The summed E-state index contributed by atoms with van der Waals surface area (Å²) in [6.07, 6.45) is 2.42. The Hall–Kier alpha value is -2.63. The smallest absolute Gasteiger partial charge is 0.310 e. The molecule has 1 amide bonds. The van der Waals surface area contributed by atoms with E-state index in [-0.39, 0.29) is 25.0 Å². The molecule has 6 nitrogen and oxygen atoms in total. The Balaban J connectivity index is 1.57. The van der Waals surface area contributed by atoms with Crippen LogP contribution in [0.25, 0.3) is 5.69 Å². The fourth-order valence-corrected chi connectivity index (χ4v) is 3.10. The summed E-state index contributed by atoms with van der Waals surface area (Å²) in [5.41, 5.74) is 3.47. The van der Waals surface area contributed by atoms with Crippen LogP contribution in [-0.2, 0) is 20.7 Å². The van der Waals surface area contributed by atoms with Gasteiger partial charge in [0, 0.05) is 17.3 Å². The van der Waals surface area contributed by atoms with Gasteiger partial charge in [-0.15, -0.1) is 0 Å². The maximum atomic E-state index is 12.2. The van der Waals surface area contributed by atoms with Crippen molar-refractivity contribution in [1.29, 1.82) is 0 Å². The van der Waals surface area contributed by atoms with Crippen LogP contribution < -0.4 is 5.32 Å². The number of rotatable bonds is 7. The van der Waals surface area contributed by atoms with Crippen LogP contribution in [0.2, 0.25) is 0 Å². The Kier molecular flexibility index (Phi) is 5.40. The van der Waals surface area contributed by atoms with Gasteiger partial charge in [-0.3, -0.25) is 9.59 Å². The lowest BCUT2D eigenvalue weighted by molar-refractivity contribution is -0.148. The Morgan fingerprint density at radius 3 is 2.62 bits per heavy atom. The molecular formula is C20H25N3O3. The maximum Gasteiger partial charge on any atom is 0.310 e. The second-order valence-electron chi connectivity index (χ2n) is 6.93. The molecule has 1 fully saturated rings. The molecule has 2 aromatic rings. The number of benzene rings is 1. The van der Waals surface area contributed by atoms with E-state index >= 15 is 0 Å². The van der Waals surface area contributed by atoms with Gasteiger partial charge < -0.3 is 10.1 Å². The first-order valence-electron chi connectivity index (χ1n) is 9.01. The van der Waals surface area contributed by atoms with Gasteiger partial charge >= 0.3 is 5.97 Å². The van der Waals surface area contributed by atoms with Crippen molar-refractivity contribution in [3.8, 4) is 5.69 Å². The van der Waals surface area contributed by atoms with Crippen molar-refractivity contribution in [3.05, 3.63) is 47.3 Å². The molecule has 1 aromatic carbocycles. The van der Waals surface area contributed by atoms with Crippen molar-refractivity contribution in [1.82, 2.24) is 15.1 Å². The first-order valence-corrected chi connectivity index (χ1v) is 9.01. The van der Waals surface area contributed by atoms with E-state index in [1.54, 1.807) is 0 Å². The van der Waals surface area contributed by atoms with Crippen molar-refractivity contribution in [3.63, 3.8) is 0 Å². The number of hydrogen-bond donors (Lipinski definition) is 1. The molecule has 1 saturated carbocycles. The van der Waals surface area contributed by atoms with Crippen LogP contribution in [0, 0.1) is 19.8 Å². The molecule has 0 unspecified atom stereocenters. The lowest BCUT2D eigenvalue weighted by Gasteiger charge is -2.12. The molecule has 1 aliphatic rings. The summed E-state index contributed by atoms with van der Waals surface area (Å²) in [6.45, 7) is 5.56. The molecule has 138 valence electrons. The normalized spacial score (nSPS) is 14.7. The van der Waals surface area contributed by atoms with E-state index in [9.17, 15) is 9.59 Å². The van der Waals surface area contributed by atoms with Gasteiger partial charge in [-0.05, 0) is 51.7 Å². The quantitative estimate of drug-likeness (QED) is 0.775. The van der Waals surface area contributed by atoms with Gasteiger partial charge in [0.2, 0.25) is 0 Å². The van der Waals surface area contributed by atoms with Crippen LogP contribution in [-0.4, -0.2) is 34.3 Å². The molecule has 0 aliphatic heterocycles. The van der Waals surface area contributed by atoms with Crippen molar-refractivity contribution in [2.24, 2.45) is 5.92 Å². The molecule has 1 heterocycles. The average molecular weight is 355 g/mol. The SMILES string of the molecule is Cc1nn(-c2ccccc2)c(C)c1CC(=O)OCC(=O)N[C@H](C)C1CC1. The van der Waals surface area contributed by atoms with Crippen molar-refractivity contribution in [2.75, 3.05) is 6.61 Å². The van der Waals surface area contributed by atoms with E-state index in [1.807, 2.05) is 55.8 Å². The van der Waals surface area contributed by atoms with Gasteiger partial charge in [0.15, 0.2) is 6.61 Å². The molecule has 0 saturated heterocycles. The maximum absolute atomic E-state index is 12.2. The molecule has 6 heteroatoms. The molecule has 1 aromatic heterocycles. The van der Waals surface area contributed by atoms with Crippen LogP contribution in [0.1, 0.15) is 36.7 Å². The zero-order chi connectivity index (χ0) is 18.7. The second kappa shape index (κ2) is 7.72. The van der Waals surface area contributed by atoms with Gasteiger partial charge in [-0.2, -0.15) is 5.10 Å². The highest BCUT2D eigenvalue weighted by molar-refractivity contribution is 5.81. The monoisotopic (exact) mass is 355 g/mol. The second-order valence-corrected chi connectivity index (χ2v) is 6.93. The van der Waals surface area contributed by atoms with Crippen LogP contribution in [0.4, 0.5) is 0 Å². The highest BCUT2D eigenvalue weighted by atomic mass is 16.5. The Bertz CT molecular complexity index is 794. The van der Waals surface area contributed by atoms with Crippen LogP contribution in [0.15, 0.2) is 30.3 Å². The van der Waals surface area contributed by atoms with Gasteiger partial charge in [-0.25, -0.2) is 4.68 Å². The first kappa shape index (κ1) is 18.2. The number of hydrogen-bond acceptors (Lipinski definition) is 4. The Morgan fingerprint density at radius 1 is 1.27 bits per heavy atom. The minimum Gasteiger partial charge on any atom is -0.455 e. The van der Waals surface area contributed by atoms with Crippen LogP contribution in [0.5, 0.6) is 0 Å². The number of ether oxygens (including phenoxy) is 1. The standard InChI is InChI=1S/C20H25N3O3/c1-13(16-9-10-16)21-19(24)12-26-20(25)11-18-14(2)22-23(15(18)3)17-7-5-4-6-8-17/h4-8,13,16H,9-12H2,1-3H3,(H,21,24)/t13-/m1/s1. The molecule has 0 spiro atoms. The third-order valence-electron chi connectivity index (χ3n) is 4.85. The molecule has 1 atom stereocenters. The number of carbonyl (C=O) groups excluding carboxylic acids is 2. The van der Waals surface area contributed by atoms with E-state index in [0.29, 0.717) is 5.92 Å². The van der Waals surface area contributed by atoms with E-state index < -0.39 is 5.97 Å². The number of esters is 1. The summed E-state index contributed by atoms with van der Waals surface area (Å²) < 4.78 is 6.97. The Labute approximate surface area is 153 Å². The average Bonchev–Trinajstić information content (AvgIpc) is 3.44. The minimum absolute atomic E-state index is 0.107. The molecule has 1 N–H and O–H groups in total. The number of aryl methyl sites for hydroxylation is 1. The van der Waals surface area contributed by atoms with Crippen LogP contribution >= 0.6 is 0 Å². The fourth-order valence-electron chi connectivity index (χ4n) is 3.10. The molecular weight excluding hydrogens is 330 g/mol. The van der Waals surface area contributed by atoms with Crippen molar-refractivity contribution in [2.45, 2.75) is 46.1 Å². The molecule has 0 radical (unpaired) electrons. The van der Waals surface area contributed by atoms with Gasteiger partial charge in [0.05, 0.1) is 17.8 Å². The molecule has 1 aliphatic carbocycles. The lowest BCUT2D eigenvalue weighted by atomic mass is 10.1. The minimum atomic E-state index is -0.418. The van der Waals surface area contributed by atoms with E-state index in [0.717, 1.165) is 35.5 Å². The highest BCUT2D eigenvalue weighted by Crippen LogP contribution is 2.32. The van der Waals surface area contributed by atoms with Gasteiger partial charge in [0.1, 0.15) is 0 Å². The van der Waals surface area contributed by atoms with E-state index in [4.69, 9.17) is 4.74 Å². The van der Waals surface area contributed by atoms with Crippen molar-refractivity contribution < 1.29 is 14.3 Å². The lowest BCUT2D eigenvalue weighted by Crippen LogP contribution is -2.37. The summed E-state index contributed by atoms with van der Waals surface area (Å²) in [4.78, 5) is 24.0. The summed E-state index contributed by atoms with van der Waals surface area (Å²) in [5, 5.41) is 7.40. The van der Waals surface area contributed by atoms with Gasteiger partial charge in [0.25, 0.3) is 5.91 Å². The third-order valence-corrected chi connectivity index (χ3v) is 4.85. The van der Waals surface area contributed by atoms with E-state index in [1.165, 1.54) is 0 Å². The number of nitrogens with one attached hydrogen (secondary N) is 1. The zero-order valence-corrected chi connectivity index (χ0v) is 15.5. The topological polar surface area (TPSA) is 73.2 Å². The first-order chi connectivity index (χ1) is 12.5. The summed E-state index contributed by atoms with van der Waals surface area (Å²) in [7, 11) is 0. The summed E-state index contributed by atoms with van der Waals surface area (Å²) >= 11 is 0. The van der Waals surface area contributed by atoms with Crippen molar-refractivity contribution >= 4 is 11.9 Å². The molecule has 26 heavy (non-hydrogen) atoms. The predicted octanol–water partition coefficient (Wildman–Crippen LogP) is 2.49. The third kappa shape index (κ3) is 4.31. The van der Waals surface area contributed by atoms with E-state index in [2.05, 4.69) is 10.4 Å². The number of amides is 1. The number of nitrogens with zero attached hydrogens (tertiary/aromatic N) is 2. The Morgan fingerprint density at radius 2 is 1.96 bits per heavy atom. The predicted molar refractivity (Wildman–Crippen MR) is 98.0 cm³/mol. The highest BCUT2D eigenvalue weighted by Gasteiger charge is 2.29. The number of para-hydroxylation sites is 1. The molecule has 3 rings (SSSR count). The zero-order valence-electron chi connectivity index (χ0n) is 15.5. The largest absolute Gasteiger partial charge is 0.455 e. The summed E-state index contributed by atoms with van der Waals surface area (Å²) in [5.74, 6) is -0.0898. The van der Waals surface area contributed by atoms with Gasteiger partial charge in [-0.1, -0.05) is 18.2 Å². The molecule has 0 bridgehead atoms. The number of carbonyl (C=O) groups is 2. The van der Waals surface area contributed by atoms with Crippen LogP contribution in [0.3, 0.4) is 0 Å². The summed E-state index contributed by atoms with van der Waals surface area (Å²) in [6, 6.07) is 9.92. The number of aromatic nitrogens is 2. The fraction of sp³-hybridized carbons (Fsp3) is 0.450.